The summed E-state index contributed by atoms with van der Waals surface area (Å²) in [5.74, 6) is 1.70. The number of nitrogens with zero attached hydrogens (tertiary/aromatic N) is 2. The average Bonchev–Trinajstić information content (AvgIpc) is 3.49. The number of hydrogen-bond donors (Lipinski definition) is 4. The third-order valence-corrected chi connectivity index (χ3v) is 7.38. The van der Waals surface area contributed by atoms with Crippen LogP contribution in [0, 0.1) is 10.8 Å². The fourth-order valence-electron chi connectivity index (χ4n) is 4.76. The fraction of sp³-hybridized carbons (Fsp3) is 0.400. The number of nitrogens with two attached hydrogens (primary N) is 2. The zero-order chi connectivity index (χ0) is 25.8. The number of rotatable bonds is 4. The molecule has 2 aromatic carbocycles. The molecule has 36 heavy (non-hydrogen) atoms. The minimum atomic E-state index is -0.142. The second-order valence-corrected chi connectivity index (χ2v) is 12.3. The van der Waals surface area contributed by atoms with Gasteiger partial charge in [0.05, 0.1) is 29.7 Å². The highest BCUT2D eigenvalue weighted by Gasteiger charge is 2.28. The molecular weight excluding hydrogens is 444 g/mol. The highest BCUT2D eigenvalue weighted by molar-refractivity contribution is 5.76. The van der Waals surface area contributed by atoms with Crippen LogP contribution in [0.2, 0.25) is 0 Å². The second-order valence-electron chi connectivity index (χ2n) is 12.3. The van der Waals surface area contributed by atoms with Gasteiger partial charge >= 0.3 is 0 Å². The summed E-state index contributed by atoms with van der Waals surface area (Å²) in [5.41, 5.74) is 22.0. The Bertz CT molecular complexity index is 1380. The van der Waals surface area contributed by atoms with Gasteiger partial charge in [0.25, 0.3) is 0 Å². The molecule has 0 radical (unpaired) electrons. The Morgan fingerprint density at radius 1 is 0.750 bits per heavy atom. The Balaban J connectivity index is 1.39. The summed E-state index contributed by atoms with van der Waals surface area (Å²) < 4.78 is 0. The molecule has 1 aliphatic carbocycles. The topological polar surface area (TPSA) is 109 Å². The van der Waals surface area contributed by atoms with E-state index in [-0.39, 0.29) is 22.9 Å². The summed E-state index contributed by atoms with van der Waals surface area (Å²) in [6.07, 6.45) is 3.81. The van der Waals surface area contributed by atoms with Gasteiger partial charge in [-0.05, 0) is 45.9 Å². The molecular formula is C30H38N6. The van der Waals surface area contributed by atoms with E-state index in [0.717, 1.165) is 41.4 Å². The highest BCUT2D eigenvalue weighted by atomic mass is 15.0. The molecule has 0 aliphatic heterocycles. The first-order chi connectivity index (χ1) is 16.9. The summed E-state index contributed by atoms with van der Waals surface area (Å²) >= 11 is 0. The van der Waals surface area contributed by atoms with Gasteiger partial charge in [-0.25, -0.2) is 9.97 Å². The molecule has 2 atom stereocenters. The summed E-state index contributed by atoms with van der Waals surface area (Å²) in [6.45, 7) is 12.8. The van der Waals surface area contributed by atoms with Gasteiger partial charge < -0.3 is 21.4 Å². The average molecular weight is 483 g/mol. The molecule has 0 bridgehead atoms. The number of benzene rings is 2. The van der Waals surface area contributed by atoms with Gasteiger partial charge in [-0.1, -0.05) is 84.0 Å². The van der Waals surface area contributed by atoms with Crippen molar-refractivity contribution >= 4 is 0 Å². The van der Waals surface area contributed by atoms with E-state index in [1.807, 2.05) is 6.20 Å². The van der Waals surface area contributed by atoms with Crippen molar-refractivity contribution in [1.82, 2.24) is 19.9 Å². The summed E-state index contributed by atoms with van der Waals surface area (Å²) in [7, 11) is 0. The zero-order valence-electron chi connectivity index (χ0n) is 22.2. The molecule has 2 aromatic heterocycles. The third-order valence-electron chi connectivity index (χ3n) is 7.38. The van der Waals surface area contributed by atoms with Crippen LogP contribution in [0.1, 0.15) is 76.5 Å². The van der Waals surface area contributed by atoms with E-state index in [4.69, 9.17) is 16.5 Å². The second kappa shape index (κ2) is 8.71. The van der Waals surface area contributed by atoms with Gasteiger partial charge in [0, 0.05) is 11.3 Å². The molecule has 6 N–H and O–H groups in total. The molecule has 0 saturated heterocycles. The number of aryl methyl sites for hydroxylation is 2. The van der Waals surface area contributed by atoms with Gasteiger partial charge in [-0.3, -0.25) is 0 Å². The predicted molar refractivity (Wildman–Crippen MR) is 147 cm³/mol. The number of hydrogen-bond acceptors (Lipinski definition) is 4. The molecule has 0 amide bonds. The Kier molecular flexibility index (Phi) is 5.92. The lowest BCUT2D eigenvalue weighted by Gasteiger charge is -2.25. The van der Waals surface area contributed by atoms with Gasteiger partial charge in [0.15, 0.2) is 0 Å². The molecule has 5 rings (SSSR count). The number of aromatic nitrogens is 4. The van der Waals surface area contributed by atoms with Crippen LogP contribution in [-0.2, 0) is 12.8 Å². The minimum Gasteiger partial charge on any atom is -0.344 e. The van der Waals surface area contributed by atoms with E-state index in [1.165, 1.54) is 27.9 Å². The van der Waals surface area contributed by atoms with Gasteiger partial charge in [0.1, 0.15) is 11.6 Å². The first kappa shape index (κ1) is 24.5. The van der Waals surface area contributed by atoms with Gasteiger partial charge in [-0.2, -0.15) is 0 Å². The fourth-order valence-corrected chi connectivity index (χ4v) is 4.76. The SMILES string of the molecule is CC(C)(C)[C@H](N)c1ncc(-c2ccc(-c3ccc4c(c3)CCc3[nH]c([C@@H](N)C(C)(C)C)nc3-4)cc2)[nH]1. The predicted octanol–water partition coefficient (Wildman–Crippen LogP) is 6.32. The standard InChI is InChI=1S/C30H38N6/c1-29(2,3)25(31)27-33-16-23(35-27)18-9-7-17(8-10-18)19-11-13-21-20(15-19)12-14-22-24(21)36-28(34-22)26(32)30(4,5)6/h7-11,13,15-16,25-26H,12,14,31-32H2,1-6H3,(H,33,35)(H,34,36)/t25-,26-/m1/s1. The summed E-state index contributed by atoms with van der Waals surface area (Å²) in [5, 5.41) is 0. The van der Waals surface area contributed by atoms with Crippen molar-refractivity contribution in [3.05, 3.63) is 71.6 Å². The molecule has 2 heterocycles. The Labute approximate surface area is 214 Å². The van der Waals surface area contributed by atoms with Crippen molar-refractivity contribution in [2.45, 2.75) is 66.5 Å². The van der Waals surface area contributed by atoms with E-state index in [2.05, 4.69) is 99.0 Å². The molecule has 1 aliphatic rings. The number of fused-ring (bicyclic) bond motifs is 3. The van der Waals surface area contributed by atoms with Crippen molar-refractivity contribution in [3.63, 3.8) is 0 Å². The maximum Gasteiger partial charge on any atom is 0.124 e. The van der Waals surface area contributed by atoms with E-state index < -0.39 is 0 Å². The van der Waals surface area contributed by atoms with Crippen molar-refractivity contribution in [2.24, 2.45) is 22.3 Å². The Morgan fingerprint density at radius 2 is 1.36 bits per heavy atom. The third kappa shape index (κ3) is 4.51. The normalized spacial score (nSPS) is 15.3. The van der Waals surface area contributed by atoms with Crippen molar-refractivity contribution in [2.75, 3.05) is 0 Å². The lowest BCUT2D eigenvalue weighted by Crippen LogP contribution is -2.27. The van der Waals surface area contributed by atoms with Gasteiger partial charge in [-0.15, -0.1) is 0 Å². The lowest BCUT2D eigenvalue weighted by molar-refractivity contribution is 0.316. The van der Waals surface area contributed by atoms with Crippen LogP contribution in [-0.4, -0.2) is 19.9 Å². The molecule has 6 nitrogen and oxygen atoms in total. The van der Waals surface area contributed by atoms with Gasteiger partial charge in [0.2, 0.25) is 0 Å². The van der Waals surface area contributed by atoms with Crippen LogP contribution in [0.3, 0.4) is 0 Å². The van der Waals surface area contributed by atoms with E-state index in [1.54, 1.807) is 0 Å². The van der Waals surface area contributed by atoms with Crippen LogP contribution in [0.5, 0.6) is 0 Å². The van der Waals surface area contributed by atoms with E-state index in [0.29, 0.717) is 0 Å². The summed E-state index contributed by atoms with van der Waals surface area (Å²) in [6, 6.07) is 15.1. The first-order valence-corrected chi connectivity index (χ1v) is 12.8. The van der Waals surface area contributed by atoms with Crippen molar-refractivity contribution in [1.29, 1.82) is 0 Å². The van der Waals surface area contributed by atoms with Crippen LogP contribution in [0.25, 0.3) is 33.6 Å². The van der Waals surface area contributed by atoms with Crippen LogP contribution in [0.4, 0.5) is 0 Å². The molecule has 0 fully saturated rings. The number of imidazole rings is 2. The van der Waals surface area contributed by atoms with Crippen LogP contribution >= 0.6 is 0 Å². The Hall–Kier alpha value is -3.22. The number of nitrogens with one attached hydrogen (secondary N) is 2. The molecule has 6 heteroatoms. The number of H-pyrrole nitrogens is 2. The molecule has 188 valence electrons. The van der Waals surface area contributed by atoms with Crippen LogP contribution in [0.15, 0.2) is 48.7 Å². The maximum absolute atomic E-state index is 6.49. The summed E-state index contributed by atoms with van der Waals surface area (Å²) in [4.78, 5) is 16.4. The largest absolute Gasteiger partial charge is 0.344 e. The first-order valence-electron chi connectivity index (χ1n) is 12.8. The van der Waals surface area contributed by atoms with E-state index >= 15 is 0 Å². The quantitative estimate of drug-likeness (QED) is 0.273. The highest BCUT2D eigenvalue weighted by Crippen LogP contribution is 2.38. The smallest absolute Gasteiger partial charge is 0.124 e. The van der Waals surface area contributed by atoms with Crippen molar-refractivity contribution < 1.29 is 0 Å². The minimum absolute atomic E-state index is 0.0460. The van der Waals surface area contributed by atoms with Crippen LogP contribution < -0.4 is 11.5 Å². The Morgan fingerprint density at radius 3 is 2.03 bits per heavy atom. The maximum atomic E-state index is 6.49. The zero-order valence-corrected chi connectivity index (χ0v) is 22.2. The van der Waals surface area contributed by atoms with E-state index in [9.17, 15) is 0 Å². The monoisotopic (exact) mass is 482 g/mol. The molecule has 4 aromatic rings. The van der Waals surface area contributed by atoms with Crippen molar-refractivity contribution in [3.8, 4) is 33.6 Å². The molecule has 0 unspecified atom stereocenters. The number of aromatic amines is 2. The molecule has 0 spiro atoms. The molecule has 0 saturated carbocycles. The lowest BCUT2D eigenvalue weighted by atomic mass is 9.87.